The largest absolute Gasteiger partial charge is 0.421 e. The SMILES string of the molecule is C=C.C=NC.CCN.CCc1nc(-c2ccc(C(C)O)cc2)no1.Cc1nnc(-c2ccncc2)o1. The minimum atomic E-state index is -0.453. The number of aliphatic hydroxyl groups excluding tert-OH is 1. The predicted molar refractivity (Wildman–Crippen MR) is 143 cm³/mol. The summed E-state index contributed by atoms with van der Waals surface area (Å²) in [4.78, 5) is 11.4. The highest BCUT2D eigenvalue weighted by Gasteiger charge is 2.08. The van der Waals surface area contributed by atoms with Gasteiger partial charge < -0.3 is 24.8 Å². The molecule has 0 bridgehead atoms. The fourth-order valence-electron chi connectivity index (χ4n) is 2.33. The molecule has 10 nitrogen and oxygen atoms in total. The number of nitrogens with two attached hydrogens (primary N) is 1. The van der Waals surface area contributed by atoms with E-state index in [1.54, 1.807) is 33.3 Å². The molecule has 0 saturated heterocycles. The number of aromatic nitrogens is 5. The van der Waals surface area contributed by atoms with Gasteiger partial charge in [0.1, 0.15) is 0 Å². The molecule has 0 aliphatic rings. The number of hydrogen-bond acceptors (Lipinski definition) is 10. The standard InChI is InChI=1S/C12H14N2O2.C8H7N3O.C2H5N.C2H7N.C2H4/c1-3-11-13-12(14-16-11)10-6-4-9(5-7-10)8(2)15;1-6-10-11-8(12-6)7-2-4-9-5-3-7;1-3-2;1-2-3;1-2/h4-8,15H,3H2,1-2H3;2-5H,1H3;1H2,2H3;2-3H2,1H3;1-2H2. The van der Waals surface area contributed by atoms with Gasteiger partial charge in [-0.1, -0.05) is 43.3 Å². The second-order valence-electron chi connectivity index (χ2n) is 6.75. The molecule has 1 aromatic carbocycles. The Morgan fingerprint density at radius 1 is 1.03 bits per heavy atom. The van der Waals surface area contributed by atoms with Gasteiger partial charge in [-0.2, -0.15) is 4.98 Å². The molecular formula is C26H37N7O3. The molecule has 4 aromatic rings. The third-order valence-electron chi connectivity index (χ3n) is 3.88. The van der Waals surface area contributed by atoms with Gasteiger partial charge in [-0.15, -0.1) is 23.4 Å². The molecule has 3 heterocycles. The van der Waals surface area contributed by atoms with Crippen LogP contribution in [0.4, 0.5) is 0 Å². The lowest BCUT2D eigenvalue weighted by atomic mass is 10.1. The molecule has 0 spiro atoms. The summed E-state index contributed by atoms with van der Waals surface area (Å²) in [6, 6.07) is 11.1. The van der Waals surface area contributed by atoms with Crippen molar-refractivity contribution in [2.75, 3.05) is 13.6 Å². The summed E-state index contributed by atoms with van der Waals surface area (Å²) in [5.41, 5.74) is 7.52. The fourth-order valence-corrected chi connectivity index (χ4v) is 2.33. The number of aliphatic imine (C=N–C) groups is 1. The van der Waals surface area contributed by atoms with Crippen LogP contribution < -0.4 is 5.73 Å². The van der Waals surface area contributed by atoms with Gasteiger partial charge in [0, 0.05) is 43.9 Å². The Bertz CT molecular complexity index is 1080. The van der Waals surface area contributed by atoms with Crippen molar-refractivity contribution in [3.63, 3.8) is 0 Å². The maximum atomic E-state index is 9.38. The number of aryl methyl sites for hydroxylation is 2. The summed E-state index contributed by atoms with van der Waals surface area (Å²) in [5.74, 6) is 2.33. The van der Waals surface area contributed by atoms with Crippen molar-refractivity contribution < 1.29 is 14.0 Å². The smallest absolute Gasteiger partial charge is 0.247 e. The van der Waals surface area contributed by atoms with Gasteiger partial charge in [-0.3, -0.25) is 4.98 Å². The second kappa shape index (κ2) is 19.3. The number of pyridine rings is 1. The van der Waals surface area contributed by atoms with Crippen LogP contribution in [-0.2, 0) is 6.42 Å². The number of aliphatic hydroxyl groups is 1. The highest BCUT2D eigenvalue weighted by atomic mass is 16.5. The van der Waals surface area contributed by atoms with Gasteiger partial charge in [0.25, 0.3) is 0 Å². The van der Waals surface area contributed by atoms with Crippen molar-refractivity contribution in [1.82, 2.24) is 25.3 Å². The molecule has 3 aromatic heterocycles. The van der Waals surface area contributed by atoms with Crippen LogP contribution in [0.3, 0.4) is 0 Å². The van der Waals surface area contributed by atoms with Crippen molar-refractivity contribution in [2.45, 2.75) is 40.2 Å². The summed E-state index contributed by atoms with van der Waals surface area (Å²) in [5, 5.41) is 20.9. The Morgan fingerprint density at radius 2 is 1.58 bits per heavy atom. The molecular weight excluding hydrogens is 458 g/mol. The average Bonchev–Trinajstić information content (AvgIpc) is 3.57. The van der Waals surface area contributed by atoms with E-state index in [2.05, 4.69) is 50.2 Å². The van der Waals surface area contributed by atoms with Gasteiger partial charge in [0.15, 0.2) is 0 Å². The maximum absolute atomic E-state index is 9.38. The number of hydrogen-bond donors (Lipinski definition) is 2. The zero-order valence-electron chi connectivity index (χ0n) is 21.8. The normalized spacial score (nSPS) is 9.97. The van der Waals surface area contributed by atoms with Gasteiger partial charge in [-0.25, -0.2) is 0 Å². The first-order valence-corrected chi connectivity index (χ1v) is 11.3. The van der Waals surface area contributed by atoms with Crippen LogP contribution >= 0.6 is 0 Å². The zero-order valence-corrected chi connectivity index (χ0v) is 21.8. The predicted octanol–water partition coefficient (Wildman–Crippen LogP) is 4.88. The van der Waals surface area contributed by atoms with Crippen LogP contribution in [0.5, 0.6) is 0 Å². The van der Waals surface area contributed by atoms with Crippen molar-refractivity contribution >= 4 is 6.72 Å². The minimum Gasteiger partial charge on any atom is -0.421 e. The molecule has 1 unspecified atom stereocenters. The van der Waals surface area contributed by atoms with E-state index in [9.17, 15) is 5.11 Å². The van der Waals surface area contributed by atoms with Crippen LogP contribution in [-0.4, -0.2) is 50.7 Å². The number of nitrogens with zero attached hydrogens (tertiary/aromatic N) is 6. The van der Waals surface area contributed by atoms with Gasteiger partial charge >= 0.3 is 0 Å². The monoisotopic (exact) mass is 495 g/mol. The Kier molecular flexibility index (Phi) is 17.1. The highest BCUT2D eigenvalue weighted by molar-refractivity contribution is 5.54. The molecule has 0 fully saturated rings. The summed E-state index contributed by atoms with van der Waals surface area (Å²) in [7, 11) is 1.64. The first kappa shape index (κ1) is 32.0. The second-order valence-corrected chi connectivity index (χ2v) is 6.75. The molecule has 0 radical (unpaired) electrons. The third kappa shape index (κ3) is 11.9. The minimum absolute atomic E-state index is 0.453. The first-order valence-electron chi connectivity index (χ1n) is 11.3. The molecule has 36 heavy (non-hydrogen) atoms. The zero-order chi connectivity index (χ0) is 27.3. The molecule has 4 rings (SSSR count). The lowest BCUT2D eigenvalue weighted by Crippen LogP contribution is -1.90. The maximum Gasteiger partial charge on any atom is 0.247 e. The van der Waals surface area contributed by atoms with Crippen LogP contribution in [0.25, 0.3) is 22.8 Å². The van der Waals surface area contributed by atoms with E-state index in [-0.39, 0.29) is 0 Å². The lowest BCUT2D eigenvalue weighted by Gasteiger charge is -2.03. The molecule has 194 valence electrons. The Morgan fingerprint density at radius 3 is 2.00 bits per heavy atom. The topological polar surface area (TPSA) is 149 Å². The molecule has 0 aliphatic heterocycles. The van der Waals surface area contributed by atoms with Gasteiger partial charge in [0.05, 0.1) is 6.10 Å². The summed E-state index contributed by atoms with van der Waals surface area (Å²) < 4.78 is 10.3. The van der Waals surface area contributed by atoms with Crippen molar-refractivity contribution in [1.29, 1.82) is 0 Å². The fraction of sp³-hybridized carbons (Fsp3) is 0.308. The van der Waals surface area contributed by atoms with E-state index in [0.29, 0.717) is 23.5 Å². The molecule has 0 saturated carbocycles. The van der Waals surface area contributed by atoms with E-state index in [4.69, 9.17) is 14.7 Å². The summed E-state index contributed by atoms with van der Waals surface area (Å²) in [6.45, 7) is 17.2. The number of rotatable bonds is 4. The quantitative estimate of drug-likeness (QED) is 0.298. The number of benzene rings is 1. The van der Waals surface area contributed by atoms with Crippen LogP contribution in [0, 0.1) is 6.92 Å². The van der Waals surface area contributed by atoms with E-state index in [1.807, 2.05) is 50.2 Å². The summed E-state index contributed by atoms with van der Waals surface area (Å²) >= 11 is 0. The third-order valence-corrected chi connectivity index (χ3v) is 3.88. The van der Waals surface area contributed by atoms with E-state index in [1.165, 1.54) is 0 Å². The van der Waals surface area contributed by atoms with E-state index < -0.39 is 6.10 Å². The molecule has 0 aliphatic carbocycles. The van der Waals surface area contributed by atoms with E-state index >= 15 is 0 Å². The van der Waals surface area contributed by atoms with Crippen molar-refractivity contribution in [3.8, 4) is 22.8 Å². The summed E-state index contributed by atoms with van der Waals surface area (Å²) in [6.07, 6.45) is 3.66. The molecule has 10 heteroatoms. The Labute approximate surface area is 213 Å². The highest BCUT2D eigenvalue weighted by Crippen LogP contribution is 2.19. The van der Waals surface area contributed by atoms with Gasteiger partial charge in [-0.05, 0) is 37.9 Å². The van der Waals surface area contributed by atoms with Gasteiger partial charge in [0.2, 0.25) is 23.5 Å². The van der Waals surface area contributed by atoms with Crippen LogP contribution in [0.1, 0.15) is 44.2 Å². The molecule has 1 atom stereocenters. The molecule has 0 amide bonds. The molecule has 3 N–H and O–H groups in total. The van der Waals surface area contributed by atoms with Crippen molar-refractivity contribution in [2.24, 2.45) is 10.7 Å². The lowest BCUT2D eigenvalue weighted by molar-refractivity contribution is 0.199. The van der Waals surface area contributed by atoms with E-state index in [0.717, 1.165) is 29.7 Å². The van der Waals surface area contributed by atoms with Crippen molar-refractivity contribution in [3.05, 3.63) is 79.3 Å². The van der Waals surface area contributed by atoms with Crippen LogP contribution in [0.2, 0.25) is 0 Å². The Balaban J connectivity index is 0.000000540. The average molecular weight is 496 g/mol. The van der Waals surface area contributed by atoms with Crippen LogP contribution in [0.15, 0.2) is 75.9 Å². The first-order chi connectivity index (χ1) is 17.4. The Hall–Kier alpha value is -4.02.